The fourth-order valence-electron chi connectivity index (χ4n) is 3.44. The highest BCUT2D eigenvalue weighted by molar-refractivity contribution is 6.10. The summed E-state index contributed by atoms with van der Waals surface area (Å²) >= 11 is 0. The van der Waals surface area contributed by atoms with Crippen LogP contribution in [0.5, 0.6) is 5.75 Å². The van der Waals surface area contributed by atoms with Gasteiger partial charge in [-0.25, -0.2) is 0 Å². The SMILES string of the molecule is CCOc1ccccc1C(=O)C1CC(=O)Nc2n[nH]c(-c3ccccc3)c21. The fraction of sp³-hybridized carbons (Fsp3) is 0.190. The second-order valence-corrected chi connectivity index (χ2v) is 6.33. The second kappa shape index (κ2) is 7.07. The Morgan fingerprint density at radius 2 is 1.89 bits per heavy atom. The van der Waals surface area contributed by atoms with Gasteiger partial charge >= 0.3 is 0 Å². The quantitative estimate of drug-likeness (QED) is 0.677. The van der Waals surface area contributed by atoms with E-state index in [-0.39, 0.29) is 18.1 Å². The van der Waals surface area contributed by atoms with Crippen LogP contribution in [0.25, 0.3) is 11.3 Å². The van der Waals surface area contributed by atoms with Crippen LogP contribution >= 0.6 is 0 Å². The molecule has 0 saturated heterocycles. The van der Waals surface area contributed by atoms with E-state index in [1.54, 1.807) is 18.2 Å². The van der Waals surface area contributed by atoms with E-state index >= 15 is 0 Å². The molecule has 1 atom stereocenters. The summed E-state index contributed by atoms with van der Waals surface area (Å²) in [6, 6.07) is 16.8. The van der Waals surface area contributed by atoms with Crippen LogP contribution in [0.1, 0.15) is 35.2 Å². The maximum atomic E-state index is 13.4. The second-order valence-electron chi connectivity index (χ2n) is 6.33. The minimum Gasteiger partial charge on any atom is -0.493 e. The van der Waals surface area contributed by atoms with Crippen molar-refractivity contribution in [2.24, 2.45) is 0 Å². The fourth-order valence-corrected chi connectivity index (χ4v) is 3.44. The summed E-state index contributed by atoms with van der Waals surface area (Å²) < 4.78 is 5.62. The van der Waals surface area contributed by atoms with E-state index in [1.165, 1.54) is 0 Å². The molecule has 0 fully saturated rings. The van der Waals surface area contributed by atoms with Gasteiger partial charge in [0.2, 0.25) is 5.91 Å². The Kier molecular flexibility index (Phi) is 4.46. The van der Waals surface area contributed by atoms with E-state index in [0.29, 0.717) is 23.7 Å². The number of ketones is 1. The molecule has 2 aromatic carbocycles. The van der Waals surface area contributed by atoms with Gasteiger partial charge in [0.15, 0.2) is 11.6 Å². The lowest BCUT2D eigenvalue weighted by Crippen LogP contribution is -2.27. The summed E-state index contributed by atoms with van der Waals surface area (Å²) in [6.45, 7) is 2.33. The normalized spacial score (nSPS) is 15.7. The summed E-state index contributed by atoms with van der Waals surface area (Å²) in [5.74, 6) is -0.0430. The Morgan fingerprint density at radius 3 is 2.67 bits per heavy atom. The Hall–Kier alpha value is -3.41. The van der Waals surface area contributed by atoms with E-state index in [4.69, 9.17) is 4.74 Å². The number of para-hydroxylation sites is 1. The molecule has 2 heterocycles. The minimum atomic E-state index is -0.621. The van der Waals surface area contributed by atoms with Gasteiger partial charge in [0, 0.05) is 12.0 Å². The van der Waals surface area contributed by atoms with E-state index < -0.39 is 5.92 Å². The maximum absolute atomic E-state index is 13.4. The molecule has 6 heteroatoms. The number of hydrogen-bond acceptors (Lipinski definition) is 4. The average Bonchev–Trinajstić information content (AvgIpc) is 3.12. The highest BCUT2D eigenvalue weighted by atomic mass is 16.5. The highest BCUT2D eigenvalue weighted by Crippen LogP contribution is 2.40. The van der Waals surface area contributed by atoms with Crippen molar-refractivity contribution in [3.63, 3.8) is 0 Å². The number of nitrogens with zero attached hydrogens (tertiary/aromatic N) is 1. The number of rotatable bonds is 5. The standard InChI is InChI=1S/C21H19N3O3/c1-2-27-16-11-7-6-10-14(16)20(26)15-12-17(25)22-21-18(15)19(23-24-21)13-8-4-3-5-9-13/h3-11,15H,2,12H2,1H3,(H2,22,23,24,25). The van der Waals surface area contributed by atoms with Crippen LogP contribution in [0.3, 0.4) is 0 Å². The van der Waals surface area contributed by atoms with Crippen molar-refractivity contribution in [2.75, 3.05) is 11.9 Å². The predicted molar refractivity (Wildman–Crippen MR) is 102 cm³/mol. The summed E-state index contributed by atoms with van der Waals surface area (Å²) in [5, 5.41) is 9.97. The molecule has 0 bridgehead atoms. The third-order valence-electron chi connectivity index (χ3n) is 4.63. The van der Waals surface area contributed by atoms with Crippen molar-refractivity contribution in [2.45, 2.75) is 19.3 Å². The van der Waals surface area contributed by atoms with Gasteiger partial charge in [-0.2, -0.15) is 5.10 Å². The lowest BCUT2D eigenvalue weighted by atomic mass is 9.84. The van der Waals surface area contributed by atoms with Crippen molar-refractivity contribution < 1.29 is 14.3 Å². The lowest BCUT2D eigenvalue weighted by molar-refractivity contribution is -0.116. The van der Waals surface area contributed by atoms with Gasteiger partial charge in [0.25, 0.3) is 0 Å². The first-order valence-corrected chi connectivity index (χ1v) is 8.88. The highest BCUT2D eigenvalue weighted by Gasteiger charge is 2.36. The number of anilines is 1. The number of nitrogens with one attached hydrogen (secondary N) is 2. The topological polar surface area (TPSA) is 84.1 Å². The van der Waals surface area contributed by atoms with Crippen LogP contribution in [-0.4, -0.2) is 28.5 Å². The van der Waals surface area contributed by atoms with Gasteiger partial charge in [-0.3, -0.25) is 14.7 Å². The van der Waals surface area contributed by atoms with Crippen molar-refractivity contribution >= 4 is 17.5 Å². The molecule has 6 nitrogen and oxygen atoms in total. The van der Waals surface area contributed by atoms with E-state index in [2.05, 4.69) is 15.5 Å². The molecule has 0 saturated carbocycles. The Morgan fingerprint density at radius 1 is 1.15 bits per heavy atom. The van der Waals surface area contributed by atoms with Crippen molar-refractivity contribution in [1.29, 1.82) is 0 Å². The van der Waals surface area contributed by atoms with Crippen LogP contribution in [0.4, 0.5) is 5.82 Å². The molecule has 1 aliphatic rings. The third kappa shape index (κ3) is 3.10. The molecule has 0 spiro atoms. The summed E-state index contributed by atoms with van der Waals surface area (Å²) in [7, 11) is 0. The molecule has 0 radical (unpaired) electrons. The van der Waals surface area contributed by atoms with Gasteiger partial charge in [0.1, 0.15) is 5.75 Å². The lowest BCUT2D eigenvalue weighted by Gasteiger charge is -2.23. The number of aromatic nitrogens is 2. The number of ether oxygens (including phenoxy) is 1. The number of benzene rings is 2. The van der Waals surface area contributed by atoms with Crippen LogP contribution < -0.4 is 10.1 Å². The zero-order valence-electron chi connectivity index (χ0n) is 14.9. The Labute approximate surface area is 156 Å². The van der Waals surface area contributed by atoms with Gasteiger partial charge in [-0.15, -0.1) is 0 Å². The minimum absolute atomic E-state index is 0.0751. The number of aromatic amines is 1. The zero-order valence-corrected chi connectivity index (χ0v) is 14.9. The molecule has 136 valence electrons. The van der Waals surface area contributed by atoms with Gasteiger partial charge in [-0.05, 0) is 24.6 Å². The molecule has 1 amide bonds. The third-order valence-corrected chi connectivity index (χ3v) is 4.63. The molecule has 1 aliphatic heterocycles. The van der Waals surface area contributed by atoms with E-state index in [0.717, 1.165) is 16.8 Å². The molecule has 27 heavy (non-hydrogen) atoms. The number of carbonyl (C=O) groups is 2. The smallest absolute Gasteiger partial charge is 0.226 e. The summed E-state index contributed by atoms with van der Waals surface area (Å²) in [5.41, 5.74) is 2.86. The molecule has 4 rings (SSSR count). The Balaban J connectivity index is 1.81. The number of hydrogen-bond donors (Lipinski definition) is 2. The first-order chi connectivity index (χ1) is 13.2. The number of Topliss-reactive ketones (excluding diaryl/α,β-unsaturated/α-hetero) is 1. The van der Waals surface area contributed by atoms with Crippen molar-refractivity contribution in [3.05, 3.63) is 65.7 Å². The first kappa shape index (κ1) is 17.0. The number of H-pyrrole nitrogens is 1. The predicted octanol–water partition coefficient (Wildman–Crippen LogP) is 3.78. The van der Waals surface area contributed by atoms with Crippen molar-refractivity contribution in [1.82, 2.24) is 10.2 Å². The number of amides is 1. The summed E-state index contributed by atoms with van der Waals surface area (Å²) in [4.78, 5) is 25.6. The van der Waals surface area contributed by atoms with E-state index in [9.17, 15) is 9.59 Å². The molecule has 2 N–H and O–H groups in total. The zero-order chi connectivity index (χ0) is 18.8. The Bertz CT molecular complexity index is 995. The van der Waals surface area contributed by atoms with Crippen LogP contribution in [0.2, 0.25) is 0 Å². The van der Waals surface area contributed by atoms with E-state index in [1.807, 2.05) is 43.3 Å². The van der Waals surface area contributed by atoms with Crippen LogP contribution in [-0.2, 0) is 4.79 Å². The molecular formula is C21H19N3O3. The molecule has 1 unspecified atom stereocenters. The number of fused-ring (bicyclic) bond motifs is 1. The van der Waals surface area contributed by atoms with Gasteiger partial charge in [0.05, 0.1) is 23.8 Å². The first-order valence-electron chi connectivity index (χ1n) is 8.88. The summed E-state index contributed by atoms with van der Waals surface area (Å²) in [6.07, 6.45) is 0.0751. The molecule has 3 aromatic rings. The van der Waals surface area contributed by atoms with Gasteiger partial charge < -0.3 is 10.1 Å². The maximum Gasteiger partial charge on any atom is 0.226 e. The average molecular weight is 361 g/mol. The monoisotopic (exact) mass is 361 g/mol. The largest absolute Gasteiger partial charge is 0.493 e. The van der Waals surface area contributed by atoms with Crippen LogP contribution in [0.15, 0.2) is 54.6 Å². The molecular weight excluding hydrogens is 342 g/mol. The molecule has 1 aromatic heterocycles. The van der Waals surface area contributed by atoms with Crippen molar-refractivity contribution in [3.8, 4) is 17.0 Å². The van der Waals surface area contributed by atoms with Crippen LogP contribution in [0, 0.1) is 0 Å². The van der Waals surface area contributed by atoms with Gasteiger partial charge in [-0.1, -0.05) is 42.5 Å². The number of carbonyl (C=O) groups excluding carboxylic acids is 2. The molecule has 0 aliphatic carbocycles.